The fraction of sp³-hybridized carbons (Fsp3) is 0.222. The molecule has 2 N–H and O–H groups in total. The maximum Gasteiger partial charge on any atom is 0.342 e. The Balaban J connectivity index is 2.78. The van der Waals surface area contributed by atoms with E-state index in [1.54, 1.807) is 24.3 Å². The van der Waals surface area contributed by atoms with Crippen LogP contribution in [0, 0.1) is 0 Å². The van der Waals surface area contributed by atoms with Crippen LogP contribution >= 0.6 is 11.6 Å². The molecule has 1 aromatic carbocycles. The summed E-state index contributed by atoms with van der Waals surface area (Å²) in [6, 6.07) is 6.55. The molecular weight excluding hydrogens is 206 g/mol. The first-order chi connectivity index (χ1) is 6.79. The van der Waals surface area contributed by atoms with Crippen LogP contribution in [0.4, 0.5) is 0 Å². The predicted molar refractivity (Wildman–Crippen MR) is 52.3 cm³/mol. The van der Waals surface area contributed by atoms with Crippen LogP contribution < -0.4 is 10.7 Å². The number of nitrogens with two attached hydrogens (primary N) is 1. The number of carbonyl (C=O) groups excluding carboxylic acids is 1. The molecule has 0 amide bonds. The summed E-state index contributed by atoms with van der Waals surface area (Å²) in [5, 5.41) is 0. The van der Waals surface area contributed by atoms with Crippen LogP contribution in [0.2, 0.25) is 0 Å². The van der Waals surface area contributed by atoms with Crippen LogP contribution in [-0.2, 0) is 4.74 Å². The van der Waals surface area contributed by atoms with Crippen molar-refractivity contribution in [3.63, 3.8) is 0 Å². The average Bonchev–Trinajstić information content (AvgIpc) is 2.25. The Bertz CT molecular complexity index is 317. The van der Waals surface area contributed by atoms with Crippen molar-refractivity contribution in [2.75, 3.05) is 12.5 Å². The molecule has 0 spiro atoms. The van der Waals surface area contributed by atoms with Gasteiger partial charge in [-0.2, -0.15) is 5.90 Å². The molecule has 1 rings (SSSR count). The summed E-state index contributed by atoms with van der Waals surface area (Å²) < 4.78 is 4.81. The first-order valence-corrected chi connectivity index (χ1v) is 4.52. The van der Waals surface area contributed by atoms with E-state index in [2.05, 4.69) is 4.84 Å². The summed E-state index contributed by atoms with van der Waals surface area (Å²) in [5.74, 6) is 5.04. The van der Waals surface area contributed by atoms with E-state index in [1.165, 1.54) is 0 Å². The fourth-order valence-electron chi connectivity index (χ4n) is 0.947. The monoisotopic (exact) mass is 215 g/mol. The highest BCUT2D eigenvalue weighted by atomic mass is 35.5. The molecule has 4 nitrogen and oxygen atoms in total. The van der Waals surface area contributed by atoms with Crippen LogP contribution in [0.3, 0.4) is 0 Å². The number of hydrogen-bond acceptors (Lipinski definition) is 4. The van der Waals surface area contributed by atoms with Crippen LogP contribution in [0.25, 0.3) is 0 Å². The number of carbonyl (C=O) groups is 1. The topological polar surface area (TPSA) is 61.5 Å². The van der Waals surface area contributed by atoms with E-state index in [0.29, 0.717) is 5.56 Å². The van der Waals surface area contributed by atoms with Gasteiger partial charge < -0.3 is 9.57 Å². The minimum atomic E-state index is -0.494. The Morgan fingerprint density at radius 3 is 2.79 bits per heavy atom. The minimum absolute atomic E-state index is 0.166. The van der Waals surface area contributed by atoms with Crippen LogP contribution in [0.5, 0.6) is 5.75 Å². The molecular formula is C9H10ClNO3. The van der Waals surface area contributed by atoms with Crippen molar-refractivity contribution in [3.05, 3.63) is 29.8 Å². The number of para-hydroxylation sites is 1. The quantitative estimate of drug-likeness (QED) is 0.468. The number of esters is 1. The molecule has 0 aliphatic heterocycles. The standard InChI is InChI=1S/C9H10ClNO3/c10-5-6-13-9(12)7-3-1-2-4-8(7)14-11/h1-4H,5-6,11H2. The van der Waals surface area contributed by atoms with Gasteiger partial charge in [0.2, 0.25) is 0 Å². The summed E-state index contributed by atoms with van der Waals surface area (Å²) in [5.41, 5.74) is 0.292. The van der Waals surface area contributed by atoms with Crippen molar-refractivity contribution in [3.8, 4) is 5.75 Å². The molecule has 0 aromatic heterocycles. The lowest BCUT2D eigenvalue weighted by Crippen LogP contribution is -2.11. The van der Waals surface area contributed by atoms with Crippen molar-refractivity contribution in [2.45, 2.75) is 0 Å². The van der Waals surface area contributed by atoms with E-state index < -0.39 is 5.97 Å². The highest BCUT2D eigenvalue weighted by Crippen LogP contribution is 2.17. The molecule has 0 bridgehead atoms. The second-order valence-corrected chi connectivity index (χ2v) is 2.82. The molecule has 0 unspecified atom stereocenters. The Kier molecular flexibility index (Phi) is 4.22. The van der Waals surface area contributed by atoms with Crippen molar-refractivity contribution < 1.29 is 14.4 Å². The summed E-state index contributed by atoms with van der Waals surface area (Å²) in [7, 11) is 0. The Morgan fingerprint density at radius 2 is 2.14 bits per heavy atom. The maximum atomic E-state index is 11.4. The molecule has 0 aliphatic rings. The summed E-state index contributed by atoms with van der Waals surface area (Å²) in [6.45, 7) is 0.166. The second kappa shape index (κ2) is 5.47. The number of alkyl halides is 1. The third kappa shape index (κ3) is 2.61. The molecule has 0 atom stereocenters. The zero-order valence-electron chi connectivity index (χ0n) is 7.40. The molecule has 14 heavy (non-hydrogen) atoms. The number of hydrogen-bond donors (Lipinski definition) is 1. The lowest BCUT2D eigenvalue weighted by molar-refractivity contribution is 0.0524. The minimum Gasteiger partial charge on any atom is -0.461 e. The lowest BCUT2D eigenvalue weighted by Gasteiger charge is -2.06. The summed E-state index contributed by atoms with van der Waals surface area (Å²) in [4.78, 5) is 15.9. The van der Waals surface area contributed by atoms with E-state index in [1.807, 2.05) is 0 Å². The van der Waals surface area contributed by atoms with Gasteiger partial charge in [0.25, 0.3) is 0 Å². The average molecular weight is 216 g/mol. The third-order valence-corrected chi connectivity index (χ3v) is 1.70. The second-order valence-electron chi connectivity index (χ2n) is 2.44. The largest absolute Gasteiger partial charge is 0.461 e. The maximum absolute atomic E-state index is 11.4. The normalized spacial score (nSPS) is 9.57. The first kappa shape index (κ1) is 10.8. The summed E-state index contributed by atoms with van der Waals surface area (Å²) in [6.07, 6.45) is 0. The van der Waals surface area contributed by atoms with Crippen LogP contribution in [0.15, 0.2) is 24.3 Å². The van der Waals surface area contributed by atoms with Crippen LogP contribution in [0.1, 0.15) is 10.4 Å². The van der Waals surface area contributed by atoms with Gasteiger partial charge in [0.05, 0.1) is 5.88 Å². The van der Waals surface area contributed by atoms with Gasteiger partial charge in [0.1, 0.15) is 12.2 Å². The first-order valence-electron chi connectivity index (χ1n) is 3.98. The molecule has 0 saturated heterocycles. The molecule has 5 heteroatoms. The van der Waals surface area contributed by atoms with E-state index in [0.717, 1.165) is 0 Å². The Labute approximate surface area is 86.5 Å². The van der Waals surface area contributed by atoms with Gasteiger partial charge in [-0.25, -0.2) is 4.79 Å². The lowest BCUT2D eigenvalue weighted by atomic mass is 10.2. The Morgan fingerprint density at radius 1 is 1.43 bits per heavy atom. The summed E-state index contributed by atoms with van der Waals surface area (Å²) >= 11 is 5.37. The van der Waals surface area contributed by atoms with E-state index in [-0.39, 0.29) is 18.2 Å². The van der Waals surface area contributed by atoms with Crippen molar-refractivity contribution >= 4 is 17.6 Å². The van der Waals surface area contributed by atoms with E-state index in [4.69, 9.17) is 22.2 Å². The van der Waals surface area contributed by atoms with Crippen molar-refractivity contribution in [2.24, 2.45) is 5.90 Å². The van der Waals surface area contributed by atoms with E-state index >= 15 is 0 Å². The predicted octanol–water partition coefficient (Wildman–Crippen LogP) is 1.33. The third-order valence-electron chi connectivity index (χ3n) is 1.54. The van der Waals surface area contributed by atoms with Gasteiger partial charge in [-0.15, -0.1) is 11.6 Å². The molecule has 76 valence electrons. The van der Waals surface area contributed by atoms with Gasteiger partial charge in [-0.1, -0.05) is 12.1 Å². The van der Waals surface area contributed by atoms with Crippen molar-refractivity contribution in [1.29, 1.82) is 0 Å². The molecule has 0 radical (unpaired) electrons. The molecule has 0 fully saturated rings. The zero-order valence-corrected chi connectivity index (χ0v) is 8.16. The number of ether oxygens (including phenoxy) is 1. The van der Waals surface area contributed by atoms with Crippen molar-refractivity contribution in [1.82, 2.24) is 0 Å². The zero-order chi connectivity index (χ0) is 10.4. The van der Waals surface area contributed by atoms with Gasteiger partial charge in [0.15, 0.2) is 5.75 Å². The van der Waals surface area contributed by atoms with Gasteiger partial charge in [0, 0.05) is 0 Å². The number of halogens is 1. The van der Waals surface area contributed by atoms with Gasteiger partial charge in [-0.3, -0.25) is 0 Å². The molecule has 0 saturated carbocycles. The number of rotatable bonds is 4. The van der Waals surface area contributed by atoms with Crippen LogP contribution in [-0.4, -0.2) is 18.5 Å². The smallest absolute Gasteiger partial charge is 0.342 e. The highest BCUT2D eigenvalue weighted by molar-refractivity contribution is 6.18. The fourth-order valence-corrected chi connectivity index (χ4v) is 1.02. The Hall–Kier alpha value is -1.26. The van der Waals surface area contributed by atoms with Gasteiger partial charge in [-0.05, 0) is 12.1 Å². The molecule has 0 aliphatic carbocycles. The number of benzene rings is 1. The molecule has 1 aromatic rings. The SMILES string of the molecule is NOc1ccccc1C(=O)OCCCl. The highest BCUT2D eigenvalue weighted by Gasteiger charge is 2.12. The van der Waals surface area contributed by atoms with Gasteiger partial charge >= 0.3 is 5.97 Å². The molecule has 0 heterocycles. The van der Waals surface area contributed by atoms with E-state index in [9.17, 15) is 4.79 Å².